The fourth-order valence-corrected chi connectivity index (χ4v) is 7.53. The molecule has 310 valence electrons. The molecule has 1 N–H and O–H groups in total. The number of aryl methyl sites for hydroxylation is 2. The van der Waals surface area contributed by atoms with Gasteiger partial charge in [-0.05, 0) is 69.1 Å². The van der Waals surface area contributed by atoms with Crippen LogP contribution in [0.15, 0.2) is 22.0 Å². The van der Waals surface area contributed by atoms with Gasteiger partial charge in [0.05, 0.1) is 38.6 Å². The number of aliphatic carboxylic acids is 1. The quantitative estimate of drug-likeness (QED) is 0.0859. The van der Waals surface area contributed by atoms with Crippen LogP contribution in [0, 0.1) is 23.7 Å². The Balaban J connectivity index is 0.000000381. The molecule has 21 heteroatoms. The van der Waals surface area contributed by atoms with Crippen LogP contribution in [0.25, 0.3) is 22.3 Å². The third kappa shape index (κ3) is 11.7. The van der Waals surface area contributed by atoms with Crippen LogP contribution in [-0.2, 0) is 51.0 Å². The van der Waals surface area contributed by atoms with Crippen molar-refractivity contribution < 1.29 is 72.1 Å². The number of hydrogen-bond acceptors (Lipinski definition) is 15. The largest absolute Gasteiger partial charge is 1.00 e. The maximum absolute atomic E-state index is 12.8. The van der Waals surface area contributed by atoms with E-state index in [1.807, 2.05) is 23.9 Å². The fraction of sp³-hybridized carbons (Fsp3) is 0.676. The molecule has 0 saturated heterocycles. The molecule has 19 nitrogen and oxygen atoms in total. The summed E-state index contributed by atoms with van der Waals surface area (Å²) in [5.74, 6) is 0.229. The molecule has 0 bridgehead atoms. The standard InChI is InChI=1S/C19H29N5O4.C18H27N5O4.2Li.H2O/c1-22(9-10-27-3)18-20-11-15-16(21-18)24(19(26)23(15)2)12-13-5-7-14(8-6-13)17(25)28-4;1-21(8-9-27-3)17-19-10-14-15(20-17)23(18(26)22(14)2)11-12-4-6-13(7-5-12)16(24)25;;;/h11,13-14H,5-10,12H2,1-4H3;10,12-13H,4-9,11H2,1-3H3,(H,24,25);;;1H2/q;;2*+1;/p-2. The van der Waals surface area contributed by atoms with Gasteiger partial charge in [0.25, 0.3) is 0 Å². The number of aromatic nitrogens is 8. The van der Waals surface area contributed by atoms with Crippen LogP contribution in [0.5, 0.6) is 0 Å². The van der Waals surface area contributed by atoms with Crippen molar-refractivity contribution in [2.75, 3.05) is 71.5 Å². The Morgan fingerprint density at radius 2 is 1.09 bits per heavy atom. The van der Waals surface area contributed by atoms with Gasteiger partial charge in [-0.3, -0.25) is 23.1 Å². The van der Waals surface area contributed by atoms with Crippen molar-refractivity contribution in [3.63, 3.8) is 0 Å². The second kappa shape index (κ2) is 23.2. The fourth-order valence-electron chi connectivity index (χ4n) is 7.53. The topological polar surface area (TPSA) is 227 Å². The maximum atomic E-state index is 12.8. The molecular weight excluding hydrogens is 742 g/mol. The molecule has 2 aliphatic rings. The number of hydrogen-bond donors (Lipinski definition) is 0. The summed E-state index contributed by atoms with van der Waals surface area (Å²) in [5, 5.41) is 11.0. The van der Waals surface area contributed by atoms with Gasteiger partial charge in [0.15, 0.2) is 11.3 Å². The molecule has 58 heavy (non-hydrogen) atoms. The van der Waals surface area contributed by atoms with Crippen LogP contribution in [0.3, 0.4) is 0 Å². The van der Waals surface area contributed by atoms with Crippen LogP contribution >= 0.6 is 0 Å². The average Bonchev–Trinajstić information content (AvgIpc) is 3.58. The van der Waals surface area contributed by atoms with Gasteiger partial charge in [0.2, 0.25) is 11.9 Å². The molecule has 0 amide bonds. The van der Waals surface area contributed by atoms with E-state index in [0.29, 0.717) is 86.9 Å². The van der Waals surface area contributed by atoms with Crippen molar-refractivity contribution in [1.82, 2.24) is 38.2 Å². The first-order valence-electron chi connectivity index (χ1n) is 18.9. The summed E-state index contributed by atoms with van der Waals surface area (Å²) in [6.07, 6.45) is 9.52. The SMILES string of the molecule is COCCN(C)c1ncc2c(n1)n(CC1CCC(C(=O)OC)CC1)c(=O)n2C.COCCN(C)c1ncc2c(n1)n(CC1CCC(C(=O)[O-])CC1)c(=O)n2C.[Li+].[Li+].[OH-]. The van der Waals surface area contributed by atoms with Crippen molar-refractivity contribution in [2.24, 2.45) is 37.8 Å². The molecule has 0 atom stereocenters. The molecule has 0 spiro atoms. The van der Waals surface area contributed by atoms with E-state index in [2.05, 4.69) is 19.9 Å². The molecule has 2 saturated carbocycles. The summed E-state index contributed by atoms with van der Waals surface area (Å²) < 4.78 is 21.6. The molecule has 4 aromatic rings. The molecule has 2 fully saturated rings. The zero-order valence-electron chi connectivity index (χ0n) is 35.5. The Bertz CT molecular complexity index is 2050. The van der Waals surface area contributed by atoms with E-state index >= 15 is 0 Å². The number of fused-ring (bicyclic) bond motifs is 2. The van der Waals surface area contributed by atoms with Crippen molar-refractivity contribution in [1.29, 1.82) is 0 Å². The minimum absolute atomic E-state index is 0. The van der Waals surface area contributed by atoms with Gasteiger partial charge < -0.3 is 39.4 Å². The Hall–Kier alpha value is -3.69. The molecule has 6 rings (SSSR count). The summed E-state index contributed by atoms with van der Waals surface area (Å²) in [4.78, 5) is 70.1. The molecular formula is C37H56Li2N10O9. The third-order valence-electron chi connectivity index (χ3n) is 11.1. The number of carboxylic acid groups (broad SMARTS) is 1. The molecule has 0 aliphatic heterocycles. The number of rotatable bonds is 14. The van der Waals surface area contributed by atoms with Gasteiger partial charge >= 0.3 is 55.1 Å². The Morgan fingerprint density at radius 1 is 0.707 bits per heavy atom. The van der Waals surface area contributed by atoms with Crippen molar-refractivity contribution in [2.45, 2.75) is 64.5 Å². The van der Waals surface area contributed by atoms with Crippen LogP contribution in [0.4, 0.5) is 11.9 Å². The van der Waals surface area contributed by atoms with E-state index in [-0.39, 0.29) is 78.3 Å². The summed E-state index contributed by atoms with van der Waals surface area (Å²) in [7, 11) is 12.0. The molecule has 2 aliphatic carbocycles. The average molecular weight is 799 g/mol. The molecule has 0 aromatic carbocycles. The number of esters is 1. The van der Waals surface area contributed by atoms with Crippen LogP contribution < -0.4 is 64.0 Å². The monoisotopic (exact) mass is 798 g/mol. The third-order valence-corrected chi connectivity index (χ3v) is 11.1. The van der Waals surface area contributed by atoms with Crippen LogP contribution in [0.1, 0.15) is 51.4 Å². The minimum atomic E-state index is -0.966. The normalized spacial score (nSPS) is 18.9. The van der Waals surface area contributed by atoms with E-state index in [1.165, 1.54) is 7.11 Å². The predicted octanol–water partition coefficient (Wildman–Crippen LogP) is -5.21. The number of likely N-dealkylation sites (N-methyl/N-ethyl adjacent to an activating group) is 2. The van der Waals surface area contributed by atoms with Crippen LogP contribution in [0.2, 0.25) is 0 Å². The van der Waals surface area contributed by atoms with Crippen molar-refractivity contribution in [3.05, 3.63) is 33.4 Å². The second-order valence-electron chi connectivity index (χ2n) is 14.8. The van der Waals surface area contributed by atoms with Gasteiger partial charge in [0.1, 0.15) is 11.0 Å². The predicted molar refractivity (Wildman–Crippen MR) is 206 cm³/mol. The number of nitrogens with zero attached hydrogens (tertiary/aromatic N) is 10. The first kappa shape index (κ1) is 50.5. The first-order valence-corrected chi connectivity index (χ1v) is 18.9. The molecule has 4 aromatic heterocycles. The van der Waals surface area contributed by atoms with E-state index < -0.39 is 5.97 Å². The Kier molecular flexibility index (Phi) is 20.2. The van der Waals surface area contributed by atoms with Crippen molar-refractivity contribution >= 4 is 46.2 Å². The van der Waals surface area contributed by atoms with Gasteiger partial charge in [0, 0.05) is 74.6 Å². The minimum Gasteiger partial charge on any atom is -0.870 e. The molecule has 4 heterocycles. The Labute approximate surface area is 362 Å². The molecule has 0 unspecified atom stereocenters. The number of carboxylic acids is 1. The summed E-state index contributed by atoms with van der Waals surface area (Å²) in [6.45, 7) is 3.57. The number of carbonyl (C=O) groups excluding carboxylic acids is 2. The zero-order chi connectivity index (χ0) is 39.8. The van der Waals surface area contributed by atoms with Crippen molar-refractivity contribution in [3.8, 4) is 0 Å². The van der Waals surface area contributed by atoms with Crippen LogP contribution in [-0.4, -0.2) is 117 Å². The molecule has 0 radical (unpaired) electrons. The Morgan fingerprint density at radius 3 is 1.43 bits per heavy atom. The summed E-state index contributed by atoms with van der Waals surface area (Å²) in [6, 6.07) is 0. The van der Waals surface area contributed by atoms with Gasteiger partial charge in [-0.15, -0.1) is 0 Å². The smallest absolute Gasteiger partial charge is 0.870 e. The summed E-state index contributed by atoms with van der Waals surface area (Å²) >= 11 is 0. The van der Waals surface area contributed by atoms with Gasteiger partial charge in [-0.2, -0.15) is 9.97 Å². The van der Waals surface area contributed by atoms with E-state index in [4.69, 9.17) is 14.2 Å². The number of methoxy groups -OCH3 is 3. The number of imidazole rings is 2. The number of ether oxygens (including phenoxy) is 3. The van der Waals surface area contributed by atoms with E-state index in [1.54, 1.807) is 59.0 Å². The maximum Gasteiger partial charge on any atom is 1.00 e. The number of anilines is 2. The van der Waals surface area contributed by atoms with E-state index in [9.17, 15) is 24.3 Å². The first-order chi connectivity index (χ1) is 26.4. The second-order valence-corrected chi connectivity index (χ2v) is 14.8. The zero-order valence-corrected chi connectivity index (χ0v) is 35.5. The van der Waals surface area contributed by atoms with Gasteiger partial charge in [-0.25, -0.2) is 19.6 Å². The van der Waals surface area contributed by atoms with Gasteiger partial charge in [-0.1, -0.05) is 0 Å². The van der Waals surface area contributed by atoms with E-state index in [0.717, 1.165) is 44.0 Å². The number of carbonyl (C=O) groups is 2. The summed E-state index contributed by atoms with van der Waals surface area (Å²) in [5.41, 5.74) is 2.45.